The summed E-state index contributed by atoms with van der Waals surface area (Å²) in [6.45, 7) is 1.24. The van der Waals surface area contributed by atoms with Gasteiger partial charge >= 0.3 is 0 Å². The van der Waals surface area contributed by atoms with Crippen LogP contribution in [0, 0.1) is 0 Å². The molecule has 0 bridgehead atoms. The summed E-state index contributed by atoms with van der Waals surface area (Å²) < 4.78 is 39.4. The Bertz CT molecular complexity index is 902. The molecule has 0 aliphatic carbocycles. The Morgan fingerprint density at radius 1 is 1.11 bits per heavy atom. The van der Waals surface area contributed by atoms with Gasteiger partial charge in [-0.25, -0.2) is 13.1 Å². The van der Waals surface area contributed by atoms with Crippen molar-refractivity contribution in [3.63, 3.8) is 0 Å². The summed E-state index contributed by atoms with van der Waals surface area (Å²) in [6.07, 6.45) is 0.761. The second-order valence-electron chi connectivity index (χ2n) is 6.51. The van der Waals surface area contributed by atoms with Crippen LogP contribution in [0.4, 0.5) is 0 Å². The zero-order chi connectivity index (χ0) is 19.4. The van der Waals surface area contributed by atoms with Gasteiger partial charge in [0.1, 0.15) is 0 Å². The number of halogens is 1. The highest BCUT2D eigenvalue weighted by molar-refractivity contribution is 7.89. The van der Waals surface area contributed by atoms with Gasteiger partial charge in [-0.15, -0.1) is 0 Å². The van der Waals surface area contributed by atoms with Gasteiger partial charge in [-0.05, 0) is 37.9 Å². The lowest BCUT2D eigenvalue weighted by Crippen LogP contribution is -2.34. The van der Waals surface area contributed by atoms with E-state index in [1.807, 2.05) is 37.2 Å². The van der Waals surface area contributed by atoms with Gasteiger partial charge in [0.05, 0.1) is 18.1 Å². The molecule has 1 atom stereocenters. The van der Waals surface area contributed by atoms with E-state index >= 15 is 0 Å². The number of ether oxygens (including phenoxy) is 2. The van der Waals surface area contributed by atoms with Crippen molar-refractivity contribution >= 4 is 21.6 Å². The van der Waals surface area contributed by atoms with Crippen molar-refractivity contribution in [3.8, 4) is 11.5 Å². The first-order chi connectivity index (χ1) is 12.9. The molecule has 0 amide bonds. The van der Waals surface area contributed by atoms with Crippen molar-refractivity contribution < 1.29 is 17.9 Å². The highest BCUT2D eigenvalue weighted by Crippen LogP contribution is 2.32. The first-order valence-electron chi connectivity index (χ1n) is 8.68. The van der Waals surface area contributed by atoms with Gasteiger partial charge < -0.3 is 14.4 Å². The summed E-state index contributed by atoms with van der Waals surface area (Å²) in [5.41, 5.74) is 0.866. The molecule has 0 saturated heterocycles. The van der Waals surface area contributed by atoms with Crippen LogP contribution in [-0.2, 0) is 10.0 Å². The average molecular weight is 411 g/mol. The van der Waals surface area contributed by atoms with E-state index in [9.17, 15) is 8.42 Å². The Hall–Kier alpha value is -1.80. The van der Waals surface area contributed by atoms with Crippen LogP contribution >= 0.6 is 11.6 Å². The fourth-order valence-electron chi connectivity index (χ4n) is 2.90. The number of rotatable bonds is 6. The average Bonchev–Trinajstić information content (AvgIpc) is 2.87. The van der Waals surface area contributed by atoms with Crippen LogP contribution in [0.25, 0.3) is 0 Å². The normalized spacial score (nSPS) is 15.4. The van der Waals surface area contributed by atoms with E-state index in [1.54, 1.807) is 12.1 Å². The second kappa shape index (κ2) is 8.48. The lowest BCUT2D eigenvalue weighted by molar-refractivity contribution is 0.296. The van der Waals surface area contributed by atoms with Gasteiger partial charge in [0.15, 0.2) is 11.5 Å². The van der Waals surface area contributed by atoms with Crippen LogP contribution in [-0.4, -0.2) is 47.2 Å². The molecule has 3 rings (SSSR count). The number of sulfonamides is 1. The molecule has 2 aromatic carbocycles. The molecule has 1 aliphatic heterocycles. The van der Waals surface area contributed by atoms with Crippen LogP contribution in [0.2, 0.25) is 5.02 Å². The molecule has 27 heavy (non-hydrogen) atoms. The summed E-state index contributed by atoms with van der Waals surface area (Å²) in [5.74, 6) is 1.01. The second-order valence-corrected chi connectivity index (χ2v) is 8.69. The van der Waals surface area contributed by atoms with Gasteiger partial charge in [0.2, 0.25) is 10.0 Å². The van der Waals surface area contributed by atoms with Gasteiger partial charge in [0, 0.05) is 30.1 Å². The van der Waals surface area contributed by atoms with E-state index < -0.39 is 10.0 Å². The minimum atomic E-state index is -3.71. The molecule has 146 valence electrons. The molecule has 0 spiro atoms. The van der Waals surface area contributed by atoms with Gasteiger partial charge in [-0.2, -0.15) is 0 Å². The molecule has 1 aliphatic rings. The molecule has 1 N–H and O–H groups in total. The highest BCUT2D eigenvalue weighted by atomic mass is 35.5. The summed E-state index contributed by atoms with van der Waals surface area (Å²) in [5, 5.41) is 0.603. The van der Waals surface area contributed by atoms with Gasteiger partial charge in [-0.3, -0.25) is 0 Å². The summed E-state index contributed by atoms with van der Waals surface area (Å²) in [6, 6.07) is 11.9. The molecule has 0 aromatic heterocycles. The maximum atomic E-state index is 12.8. The minimum absolute atomic E-state index is 0.142. The third kappa shape index (κ3) is 4.73. The third-order valence-electron chi connectivity index (χ3n) is 4.38. The molecule has 0 saturated carbocycles. The van der Waals surface area contributed by atoms with Crippen molar-refractivity contribution in [2.24, 2.45) is 0 Å². The Balaban J connectivity index is 1.79. The summed E-state index contributed by atoms with van der Waals surface area (Å²) >= 11 is 6.29. The Morgan fingerprint density at radius 2 is 1.81 bits per heavy atom. The number of hydrogen-bond acceptors (Lipinski definition) is 5. The molecular weight excluding hydrogens is 388 g/mol. The number of nitrogens with zero attached hydrogens (tertiary/aromatic N) is 1. The van der Waals surface area contributed by atoms with Crippen molar-refractivity contribution in [2.45, 2.75) is 17.4 Å². The van der Waals surface area contributed by atoms with E-state index in [2.05, 4.69) is 4.72 Å². The Kier molecular flexibility index (Phi) is 6.26. The third-order valence-corrected chi connectivity index (χ3v) is 6.15. The fourth-order valence-corrected chi connectivity index (χ4v) is 4.21. The number of likely N-dealkylation sites (N-methyl/N-ethyl adjacent to an activating group) is 1. The smallest absolute Gasteiger partial charge is 0.240 e. The molecule has 1 heterocycles. The van der Waals surface area contributed by atoms with Crippen molar-refractivity contribution in [2.75, 3.05) is 33.9 Å². The van der Waals surface area contributed by atoms with Crippen LogP contribution < -0.4 is 14.2 Å². The van der Waals surface area contributed by atoms with E-state index in [0.29, 0.717) is 29.7 Å². The van der Waals surface area contributed by atoms with E-state index in [1.165, 1.54) is 12.1 Å². The maximum Gasteiger partial charge on any atom is 0.240 e. The Morgan fingerprint density at radius 3 is 2.52 bits per heavy atom. The van der Waals surface area contributed by atoms with E-state index in [4.69, 9.17) is 21.1 Å². The van der Waals surface area contributed by atoms with Crippen LogP contribution in [0.3, 0.4) is 0 Å². The van der Waals surface area contributed by atoms with Gasteiger partial charge in [-0.1, -0.05) is 29.8 Å². The van der Waals surface area contributed by atoms with Crippen molar-refractivity contribution in [3.05, 3.63) is 53.1 Å². The zero-order valence-electron chi connectivity index (χ0n) is 15.3. The topological polar surface area (TPSA) is 67.9 Å². The van der Waals surface area contributed by atoms with Crippen molar-refractivity contribution in [1.29, 1.82) is 0 Å². The zero-order valence-corrected chi connectivity index (χ0v) is 16.9. The van der Waals surface area contributed by atoms with E-state index in [0.717, 1.165) is 12.0 Å². The lowest BCUT2D eigenvalue weighted by atomic mass is 10.1. The lowest BCUT2D eigenvalue weighted by Gasteiger charge is -2.26. The minimum Gasteiger partial charge on any atom is -0.490 e. The number of nitrogens with one attached hydrogen (secondary N) is 1. The highest BCUT2D eigenvalue weighted by Gasteiger charge is 2.23. The van der Waals surface area contributed by atoms with Gasteiger partial charge in [0.25, 0.3) is 0 Å². The molecule has 6 nitrogen and oxygen atoms in total. The Labute approximate surface area is 165 Å². The molecule has 0 unspecified atom stereocenters. The SMILES string of the molecule is CN(C)[C@@H](CNS(=O)(=O)c1ccc2c(c1)OCCCO2)c1ccccc1Cl. The fraction of sp³-hybridized carbons (Fsp3) is 0.368. The number of benzene rings is 2. The largest absolute Gasteiger partial charge is 0.490 e. The van der Waals surface area contributed by atoms with Crippen LogP contribution in [0.15, 0.2) is 47.4 Å². The molecule has 0 fully saturated rings. The monoisotopic (exact) mass is 410 g/mol. The number of fused-ring (bicyclic) bond motifs is 1. The summed E-state index contributed by atoms with van der Waals surface area (Å²) in [4.78, 5) is 2.07. The van der Waals surface area contributed by atoms with Crippen LogP contribution in [0.5, 0.6) is 11.5 Å². The van der Waals surface area contributed by atoms with E-state index in [-0.39, 0.29) is 17.5 Å². The first-order valence-corrected chi connectivity index (χ1v) is 10.5. The summed E-state index contributed by atoms with van der Waals surface area (Å²) in [7, 11) is 0.0592. The molecule has 2 aromatic rings. The number of hydrogen-bond donors (Lipinski definition) is 1. The first kappa shape index (κ1) is 19.9. The maximum absolute atomic E-state index is 12.8. The quantitative estimate of drug-likeness (QED) is 0.792. The molecular formula is C19H23ClN2O4S. The van der Waals surface area contributed by atoms with Crippen molar-refractivity contribution in [1.82, 2.24) is 9.62 Å². The predicted molar refractivity (Wildman–Crippen MR) is 105 cm³/mol. The predicted octanol–water partition coefficient (Wildman–Crippen LogP) is 3.08. The molecule has 0 radical (unpaired) electrons. The standard InChI is InChI=1S/C19H23ClN2O4S/c1-22(2)17(15-6-3-4-7-16(15)20)13-21-27(23,24)14-8-9-18-19(12-14)26-11-5-10-25-18/h3-4,6-9,12,17,21H,5,10-11,13H2,1-2H3/t17-/m0/s1. The van der Waals surface area contributed by atoms with Crippen LogP contribution in [0.1, 0.15) is 18.0 Å². The molecule has 8 heteroatoms.